The van der Waals surface area contributed by atoms with Gasteiger partial charge in [0.05, 0.1) is 5.56 Å². The van der Waals surface area contributed by atoms with Crippen LogP contribution in [0, 0.1) is 5.92 Å². The highest BCUT2D eigenvalue weighted by Gasteiger charge is 2.34. The first-order valence-corrected chi connectivity index (χ1v) is 6.87. The molecule has 0 amide bonds. The van der Waals surface area contributed by atoms with Crippen LogP contribution in [-0.2, 0) is 12.7 Å². The van der Waals surface area contributed by atoms with E-state index in [1.165, 1.54) is 6.07 Å². The van der Waals surface area contributed by atoms with Crippen molar-refractivity contribution in [2.75, 3.05) is 25.0 Å². The quantitative estimate of drug-likeness (QED) is 0.854. The molecule has 0 fully saturated rings. The predicted octanol–water partition coefficient (Wildman–Crippen LogP) is 3.91. The molecule has 1 aromatic carbocycles. The zero-order valence-electron chi connectivity index (χ0n) is 12.5. The Kier molecular flexibility index (Phi) is 5.87. The average molecular weight is 288 g/mol. The van der Waals surface area contributed by atoms with E-state index >= 15 is 0 Å². The zero-order valence-corrected chi connectivity index (χ0v) is 12.5. The van der Waals surface area contributed by atoms with Gasteiger partial charge in [0.15, 0.2) is 0 Å². The van der Waals surface area contributed by atoms with Crippen LogP contribution in [0.3, 0.4) is 0 Å². The smallest absolute Gasteiger partial charge is 0.374 e. The summed E-state index contributed by atoms with van der Waals surface area (Å²) in [5.74, 6) is 0.475. The number of anilines is 1. The molecular weight excluding hydrogens is 265 g/mol. The van der Waals surface area contributed by atoms with Gasteiger partial charge in [0.1, 0.15) is 0 Å². The highest BCUT2D eigenvalue weighted by molar-refractivity contribution is 5.55. The van der Waals surface area contributed by atoms with Crippen molar-refractivity contribution in [3.8, 4) is 0 Å². The van der Waals surface area contributed by atoms with Gasteiger partial charge in [-0.25, -0.2) is 0 Å². The highest BCUT2D eigenvalue weighted by atomic mass is 19.4. The normalized spacial score (nSPS) is 12.0. The summed E-state index contributed by atoms with van der Waals surface area (Å²) in [6.45, 7) is 7.74. The molecule has 20 heavy (non-hydrogen) atoms. The van der Waals surface area contributed by atoms with Crippen molar-refractivity contribution in [2.24, 2.45) is 5.92 Å². The highest BCUT2D eigenvalue weighted by Crippen LogP contribution is 2.36. The van der Waals surface area contributed by atoms with Gasteiger partial charge in [0, 0.05) is 25.8 Å². The minimum absolute atomic E-state index is 0.229. The Morgan fingerprint density at radius 2 is 1.90 bits per heavy atom. The second kappa shape index (κ2) is 6.97. The first kappa shape index (κ1) is 16.8. The van der Waals surface area contributed by atoms with Crippen LogP contribution in [0.1, 0.15) is 31.9 Å². The van der Waals surface area contributed by atoms with Crippen molar-refractivity contribution < 1.29 is 13.2 Å². The monoisotopic (exact) mass is 288 g/mol. The molecular formula is C15H23F3N2. The van der Waals surface area contributed by atoms with Gasteiger partial charge < -0.3 is 10.2 Å². The first-order valence-electron chi connectivity index (χ1n) is 6.87. The summed E-state index contributed by atoms with van der Waals surface area (Å²) in [6, 6.07) is 4.55. The summed E-state index contributed by atoms with van der Waals surface area (Å²) in [6.07, 6.45) is -4.33. The van der Waals surface area contributed by atoms with Gasteiger partial charge in [-0.05, 0) is 37.1 Å². The van der Waals surface area contributed by atoms with E-state index in [0.29, 0.717) is 24.6 Å². The van der Waals surface area contributed by atoms with Gasteiger partial charge in [-0.3, -0.25) is 0 Å². The van der Waals surface area contributed by atoms with Crippen LogP contribution in [0.2, 0.25) is 0 Å². The molecule has 0 saturated carbocycles. The third-order valence-electron chi connectivity index (χ3n) is 3.13. The van der Waals surface area contributed by atoms with Gasteiger partial charge >= 0.3 is 6.18 Å². The third kappa shape index (κ3) is 4.71. The van der Waals surface area contributed by atoms with Crippen LogP contribution < -0.4 is 10.2 Å². The third-order valence-corrected chi connectivity index (χ3v) is 3.13. The number of alkyl halides is 3. The van der Waals surface area contributed by atoms with E-state index in [-0.39, 0.29) is 5.69 Å². The van der Waals surface area contributed by atoms with Crippen LogP contribution in [0.15, 0.2) is 18.2 Å². The van der Waals surface area contributed by atoms with Gasteiger partial charge in [-0.1, -0.05) is 19.9 Å². The largest absolute Gasteiger partial charge is 0.418 e. The number of hydrogen-bond acceptors (Lipinski definition) is 2. The Labute approximate surface area is 119 Å². The SMILES string of the molecule is CCN(C)c1ccc(CNCC(C)C)cc1C(F)(F)F. The second-order valence-electron chi connectivity index (χ2n) is 5.39. The summed E-state index contributed by atoms with van der Waals surface area (Å²) in [4.78, 5) is 1.61. The maximum Gasteiger partial charge on any atom is 0.418 e. The van der Waals surface area contributed by atoms with E-state index in [0.717, 1.165) is 6.54 Å². The van der Waals surface area contributed by atoms with Crippen LogP contribution in [-0.4, -0.2) is 20.1 Å². The van der Waals surface area contributed by atoms with E-state index in [1.807, 2.05) is 6.92 Å². The summed E-state index contributed by atoms with van der Waals surface area (Å²) >= 11 is 0. The lowest BCUT2D eigenvalue weighted by Gasteiger charge is -2.23. The molecule has 0 unspecified atom stereocenters. The lowest BCUT2D eigenvalue weighted by molar-refractivity contribution is -0.137. The van der Waals surface area contributed by atoms with E-state index in [1.54, 1.807) is 24.1 Å². The molecule has 0 aromatic heterocycles. The fourth-order valence-electron chi connectivity index (χ4n) is 1.93. The lowest BCUT2D eigenvalue weighted by Crippen LogP contribution is -2.22. The zero-order chi connectivity index (χ0) is 15.3. The van der Waals surface area contributed by atoms with Crippen LogP contribution in [0.4, 0.5) is 18.9 Å². The molecule has 0 aliphatic rings. The molecule has 0 heterocycles. The Morgan fingerprint density at radius 1 is 1.25 bits per heavy atom. The Bertz CT molecular complexity index is 428. The number of nitrogens with zero attached hydrogens (tertiary/aromatic N) is 1. The van der Waals surface area contributed by atoms with Gasteiger partial charge in [-0.2, -0.15) is 13.2 Å². The maximum atomic E-state index is 13.1. The number of benzene rings is 1. The standard InChI is InChI=1S/C15H23F3N2/c1-5-20(4)14-7-6-12(10-19-9-11(2)3)8-13(14)15(16,17)18/h6-8,11,19H,5,9-10H2,1-4H3. The Hall–Kier alpha value is -1.23. The molecule has 1 aromatic rings. The minimum Gasteiger partial charge on any atom is -0.374 e. The van der Waals surface area contributed by atoms with Crippen molar-refractivity contribution in [2.45, 2.75) is 33.5 Å². The van der Waals surface area contributed by atoms with Crippen LogP contribution >= 0.6 is 0 Å². The summed E-state index contributed by atoms with van der Waals surface area (Å²) < 4.78 is 39.4. The number of hydrogen-bond donors (Lipinski definition) is 1. The van der Waals surface area contributed by atoms with Gasteiger partial charge in [0.2, 0.25) is 0 Å². The maximum absolute atomic E-state index is 13.1. The molecule has 0 aliphatic carbocycles. The molecule has 0 bridgehead atoms. The Morgan fingerprint density at radius 3 is 2.40 bits per heavy atom. The molecule has 114 valence electrons. The topological polar surface area (TPSA) is 15.3 Å². The average Bonchev–Trinajstić information content (AvgIpc) is 2.36. The minimum atomic E-state index is -4.33. The second-order valence-corrected chi connectivity index (χ2v) is 5.39. The molecule has 1 rings (SSSR count). The molecule has 0 radical (unpaired) electrons. The molecule has 1 N–H and O–H groups in total. The van der Waals surface area contributed by atoms with E-state index in [4.69, 9.17) is 0 Å². The van der Waals surface area contributed by atoms with Crippen molar-refractivity contribution in [1.29, 1.82) is 0 Å². The van der Waals surface area contributed by atoms with Gasteiger partial charge in [-0.15, -0.1) is 0 Å². The first-order chi connectivity index (χ1) is 9.25. The van der Waals surface area contributed by atoms with E-state index < -0.39 is 11.7 Å². The van der Waals surface area contributed by atoms with Crippen molar-refractivity contribution in [3.63, 3.8) is 0 Å². The van der Waals surface area contributed by atoms with Crippen molar-refractivity contribution in [3.05, 3.63) is 29.3 Å². The Balaban J connectivity index is 2.96. The molecule has 0 aliphatic heterocycles. The van der Waals surface area contributed by atoms with Crippen molar-refractivity contribution >= 4 is 5.69 Å². The van der Waals surface area contributed by atoms with Crippen molar-refractivity contribution in [1.82, 2.24) is 5.32 Å². The van der Waals surface area contributed by atoms with Crippen LogP contribution in [0.5, 0.6) is 0 Å². The molecule has 0 spiro atoms. The fourth-order valence-corrected chi connectivity index (χ4v) is 1.93. The molecule has 0 atom stereocenters. The van der Waals surface area contributed by atoms with E-state index in [2.05, 4.69) is 19.2 Å². The van der Waals surface area contributed by atoms with Crippen LogP contribution in [0.25, 0.3) is 0 Å². The number of halogens is 3. The van der Waals surface area contributed by atoms with E-state index in [9.17, 15) is 13.2 Å². The number of nitrogens with one attached hydrogen (secondary N) is 1. The predicted molar refractivity (Wildman–Crippen MR) is 76.9 cm³/mol. The number of rotatable bonds is 6. The fraction of sp³-hybridized carbons (Fsp3) is 0.600. The molecule has 5 heteroatoms. The summed E-state index contributed by atoms with van der Waals surface area (Å²) in [5.41, 5.74) is 0.324. The summed E-state index contributed by atoms with van der Waals surface area (Å²) in [7, 11) is 1.67. The summed E-state index contributed by atoms with van der Waals surface area (Å²) in [5, 5.41) is 3.16. The lowest BCUT2D eigenvalue weighted by atomic mass is 10.1. The molecule has 0 saturated heterocycles. The van der Waals surface area contributed by atoms with Gasteiger partial charge in [0.25, 0.3) is 0 Å². The molecule has 2 nitrogen and oxygen atoms in total.